The van der Waals surface area contributed by atoms with Crippen molar-refractivity contribution in [2.75, 3.05) is 6.54 Å². The molecule has 116 valence electrons. The lowest BCUT2D eigenvalue weighted by atomic mass is 10.2. The summed E-state index contributed by atoms with van der Waals surface area (Å²) in [4.78, 5) is -0.125. The molecular formula is C13H18FN3O3S. The van der Waals surface area contributed by atoms with Crippen LogP contribution in [0.2, 0.25) is 0 Å². The molecule has 0 atom stereocenters. The zero-order valence-corrected chi connectivity index (χ0v) is 12.3. The molecule has 8 heteroatoms. The highest BCUT2D eigenvalue weighted by atomic mass is 32.2. The molecule has 1 fully saturated rings. The number of hydrogen-bond acceptors (Lipinski definition) is 4. The monoisotopic (exact) mass is 315 g/mol. The lowest BCUT2D eigenvalue weighted by molar-refractivity contribution is 0.308. The molecule has 1 aromatic rings. The Kier molecular flexibility index (Phi) is 4.79. The Morgan fingerprint density at radius 2 is 2.10 bits per heavy atom. The third-order valence-corrected chi connectivity index (χ3v) is 5.48. The van der Waals surface area contributed by atoms with E-state index in [0.29, 0.717) is 12.8 Å². The van der Waals surface area contributed by atoms with Crippen LogP contribution in [0.25, 0.3) is 0 Å². The van der Waals surface area contributed by atoms with Crippen molar-refractivity contribution >= 4 is 15.9 Å². The van der Waals surface area contributed by atoms with Crippen LogP contribution >= 0.6 is 0 Å². The highest BCUT2D eigenvalue weighted by Crippen LogP contribution is 2.28. The van der Waals surface area contributed by atoms with Gasteiger partial charge in [0.1, 0.15) is 5.82 Å². The Morgan fingerprint density at radius 3 is 2.67 bits per heavy atom. The summed E-state index contributed by atoms with van der Waals surface area (Å²) in [6.45, 7) is -0.208. The first kappa shape index (κ1) is 15.7. The summed E-state index contributed by atoms with van der Waals surface area (Å²) in [5, 5.41) is 11.5. The number of oxime groups is 1. The van der Waals surface area contributed by atoms with Gasteiger partial charge in [-0.1, -0.05) is 24.1 Å². The Bertz CT molecular complexity index is 627. The third kappa shape index (κ3) is 3.51. The Morgan fingerprint density at radius 1 is 1.43 bits per heavy atom. The Hall–Kier alpha value is -1.67. The van der Waals surface area contributed by atoms with E-state index in [9.17, 15) is 12.8 Å². The van der Waals surface area contributed by atoms with Crippen LogP contribution < -0.4 is 5.73 Å². The maximum atomic E-state index is 13.3. The number of amidine groups is 1. The van der Waals surface area contributed by atoms with Crippen LogP contribution in [-0.2, 0) is 10.0 Å². The molecular weight excluding hydrogens is 297 g/mol. The van der Waals surface area contributed by atoms with Gasteiger partial charge in [0, 0.05) is 6.04 Å². The van der Waals surface area contributed by atoms with Crippen molar-refractivity contribution in [2.24, 2.45) is 10.9 Å². The maximum absolute atomic E-state index is 13.3. The van der Waals surface area contributed by atoms with Gasteiger partial charge < -0.3 is 10.9 Å². The fraction of sp³-hybridized carbons (Fsp3) is 0.462. The van der Waals surface area contributed by atoms with Gasteiger partial charge in [0.15, 0.2) is 5.84 Å². The number of sulfonamides is 1. The van der Waals surface area contributed by atoms with Crippen molar-refractivity contribution in [3.05, 3.63) is 30.1 Å². The lowest BCUT2D eigenvalue weighted by Gasteiger charge is -2.27. The lowest BCUT2D eigenvalue weighted by Crippen LogP contribution is -2.44. The molecule has 0 amide bonds. The minimum Gasteiger partial charge on any atom is -0.409 e. The van der Waals surface area contributed by atoms with Gasteiger partial charge in [0.2, 0.25) is 10.0 Å². The Balaban J connectivity index is 2.38. The highest BCUT2D eigenvalue weighted by Gasteiger charge is 2.34. The predicted octanol–water partition coefficient (Wildman–Crippen LogP) is 1.51. The summed E-state index contributed by atoms with van der Waals surface area (Å²) in [5.74, 6) is -0.812. The largest absolute Gasteiger partial charge is 0.409 e. The van der Waals surface area contributed by atoms with Gasteiger partial charge in [-0.3, -0.25) is 0 Å². The zero-order valence-electron chi connectivity index (χ0n) is 11.4. The molecule has 3 N–H and O–H groups in total. The molecule has 1 saturated carbocycles. The molecule has 0 heterocycles. The van der Waals surface area contributed by atoms with Crippen molar-refractivity contribution in [3.8, 4) is 0 Å². The van der Waals surface area contributed by atoms with Gasteiger partial charge in [0.25, 0.3) is 0 Å². The minimum atomic E-state index is -3.89. The van der Waals surface area contributed by atoms with Gasteiger partial charge in [-0.15, -0.1) is 0 Å². The summed E-state index contributed by atoms with van der Waals surface area (Å²) >= 11 is 0. The maximum Gasteiger partial charge on any atom is 0.243 e. The van der Waals surface area contributed by atoms with Crippen molar-refractivity contribution in [1.82, 2.24) is 4.31 Å². The molecule has 2 rings (SSSR count). The van der Waals surface area contributed by atoms with Crippen molar-refractivity contribution in [1.29, 1.82) is 0 Å². The average Bonchev–Trinajstić information content (AvgIpc) is 2.98. The summed E-state index contributed by atoms with van der Waals surface area (Å²) in [7, 11) is -3.89. The van der Waals surface area contributed by atoms with E-state index in [2.05, 4.69) is 5.16 Å². The SMILES string of the molecule is NC(CN(C1CCCC1)S(=O)(=O)c1cccc(F)c1)=NO. The fourth-order valence-electron chi connectivity index (χ4n) is 2.56. The van der Waals surface area contributed by atoms with Crippen LogP contribution in [-0.4, -0.2) is 36.4 Å². The zero-order chi connectivity index (χ0) is 15.5. The van der Waals surface area contributed by atoms with Gasteiger partial charge >= 0.3 is 0 Å². The summed E-state index contributed by atoms with van der Waals surface area (Å²) in [5.41, 5.74) is 5.47. The number of hydrogen-bond donors (Lipinski definition) is 2. The Labute approximate surface area is 123 Å². The summed E-state index contributed by atoms with van der Waals surface area (Å²) < 4.78 is 39.9. The van der Waals surface area contributed by atoms with Crippen molar-refractivity contribution in [2.45, 2.75) is 36.6 Å². The second-order valence-electron chi connectivity index (χ2n) is 5.04. The normalized spacial score (nSPS) is 17.5. The number of benzene rings is 1. The molecule has 0 spiro atoms. The third-order valence-electron chi connectivity index (χ3n) is 3.58. The van der Waals surface area contributed by atoms with Crippen LogP contribution in [0.5, 0.6) is 0 Å². The number of nitrogens with two attached hydrogens (primary N) is 1. The number of halogens is 1. The quantitative estimate of drug-likeness (QED) is 0.372. The predicted molar refractivity (Wildman–Crippen MR) is 76.0 cm³/mol. The highest BCUT2D eigenvalue weighted by molar-refractivity contribution is 7.89. The first-order valence-corrected chi connectivity index (χ1v) is 8.13. The molecule has 21 heavy (non-hydrogen) atoms. The van der Waals surface area contributed by atoms with Gasteiger partial charge in [-0.25, -0.2) is 12.8 Å². The molecule has 1 aliphatic rings. The smallest absolute Gasteiger partial charge is 0.243 e. The molecule has 1 aromatic carbocycles. The number of nitrogens with zero attached hydrogens (tertiary/aromatic N) is 2. The van der Waals surface area contributed by atoms with E-state index in [1.807, 2.05) is 0 Å². The standard InChI is InChI=1S/C13H18FN3O3S/c14-10-4-3-7-12(8-10)21(19,20)17(9-13(15)16-18)11-5-1-2-6-11/h3-4,7-8,11,18H,1-2,5-6,9H2,(H2,15,16). The molecule has 0 bridgehead atoms. The van der Waals surface area contributed by atoms with E-state index in [1.165, 1.54) is 22.5 Å². The van der Waals surface area contributed by atoms with Gasteiger partial charge in [-0.2, -0.15) is 4.31 Å². The molecule has 1 aliphatic carbocycles. The van der Waals surface area contributed by atoms with E-state index in [0.717, 1.165) is 18.9 Å². The van der Waals surface area contributed by atoms with E-state index in [-0.39, 0.29) is 23.3 Å². The summed E-state index contributed by atoms with van der Waals surface area (Å²) in [6, 6.07) is 4.63. The first-order chi connectivity index (χ1) is 9.95. The van der Waals surface area contributed by atoms with Gasteiger partial charge in [-0.05, 0) is 31.0 Å². The second kappa shape index (κ2) is 6.40. The molecule has 0 aromatic heterocycles. The number of rotatable bonds is 5. The van der Waals surface area contributed by atoms with Crippen LogP contribution in [0.15, 0.2) is 34.3 Å². The van der Waals surface area contributed by atoms with Gasteiger partial charge in [0.05, 0.1) is 11.4 Å². The molecule has 6 nitrogen and oxygen atoms in total. The van der Waals surface area contributed by atoms with Crippen LogP contribution in [0, 0.1) is 5.82 Å². The van der Waals surface area contributed by atoms with Crippen LogP contribution in [0.3, 0.4) is 0 Å². The molecule has 0 unspecified atom stereocenters. The van der Waals surface area contributed by atoms with Crippen molar-refractivity contribution < 1.29 is 18.0 Å². The van der Waals surface area contributed by atoms with E-state index >= 15 is 0 Å². The molecule has 0 aliphatic heterocycles. The van der Waals surface area contributed by atoms with Crippen molar-refractivity contribution in [3.63, 3.8) is 0 Å². The molecule has 0 saturated heterocycles. The van der Waals surface area contributed by atoms with E-state index in [4.69, 9.17) is 10.9 Å². The minimum absolute atomic E-state index is 0.125. The average molecular weight is 315 g/mol. The topological polar surface area (TPSA) is 96.0 Å². The van der Waals surface area contributed by atoms with E-state index in [1.54, 1.807) is 0 Å². The van der Waals surface area contributed by atoms with Crippen LogP contribution in [0.1, 0.15) is 25.7 Å². The fourth-order valence-corrected chi connectivity index (χ4v) is 4.25. The molecule has 0 radical (unpaired) electrons. The second-order valence-corrected chi connectivity index (χ2v) is 6.93. The van der Waals surface area contributed by atoms with Crippen LogP contribution in [0.4, 0.5) is 4.39 Å². The van der Waals surface area contributed by atoms with E-state index < -0.39 is 15.8 Å². The first-order valence-electron chi connectivity index (χ1n) is 6.69. The summed E-state index contributed by atoms with van der Waals surface area (Å²) in [6.07, 6.45) is 3.28.